The molecule has 0 atom stereocenters. The van der Waals surface area contributed by atoms with E-state index < -0.39 is 0 Å². The smallest absolute Gasteiger partial charge is 0.277 e. The Morgan fingerprint density at radius 2 is 1.95 bits per heavy atom. The number of hydrogen-bond donors (Lipinski definition) is 0. The van der Waals surface area contributed by atoms with E-state index in [1.165, 1.54) is 6.07 Å². The molecule has 1 aliphatic carbocycles. The number of nitro benzene ring substituents is 1. The molecule has 0 aliphatic heterocycles. The lowest BCUT2D eigenvalue weighted by atomic mass is 9.89. The molecule has 6 heteroatoms. The second-order valence-corrected chi connectivity index (χ2v) is 6.08. The van der Waals surface area contributed by atoms with E-state index in [0.717, 1.165) is 31.6 Å². The number of nitrogens with zero attached hydrogens (tertiary/aromatic N) is 1. The van der Waals surface area contributed by atoms with Crippen LogP contribution in [0.15, 0.2) is 12.1 Å². The molecular formula is C15H20BrNO4. The number of ether oxygens (including phenoxy) is 2. The van der Waals surface area contributed by atoms with Crippen molar-refractivity contribution in [3.05, 3.63) is 27.8 Å². The van der Waals surface area contributed by atoms with E-state index in [-0.39, 0.29) is 16.7 Å². The van der Waals surface area contributed by atoms with Crippen molar-refractivity contribution >= 4 is 21.6 Å². The Kier molecular flexibility index (Phi) is 5.45. The van der Waals surface area contributed by atoms with Crippen LogP contribution in [-0.4, -0.2) is 18.1 Å². The van der Waals surface area contributed by atoms with Gasteiger partial charge >= 0.3 is 0 Å². The maximum Gasteiger partial charge on any atom is 0.277 e. The number of hydrogen-bond acceptors (Lipinski definition) is 4. The van der Waals surface area contributed by atoms with Crippen LogP contribution < -0.4 is 9.47 Å². The van der Waals surface area contributed by atoms with Gasteiger partial charge in [-0.25, -0.2) is 0 Å². The molecule has 0 spiro atoms. The largest absolute Gasteiger partial charge is 0.493 e. The number of halogens is 1. The Balaban J connectivity index is 2.24. The summed E-state index contributed by atoms with van der Waals surface area (Å²) in [6.07, 6.45) is 4.35. The molecule has 1 aromatic rings. The Bertz CT molecular complexity index is 513. The van der Waals surface area contributed by atoms with Crippen molar-refractivity contribution in [3.8, 4) is 11.5 Å². The minimum absolute atomic E-state index is 0.0619. The molecule has 1 fully saturated rings. The van der Waals surface area contributed by atoms with Gasteiger partial charge in [0, 0.05) is 10.9 Å². The van der Waals surface area contributed by atoms with E-state index in [9.17, 15) is 10.1 Å². The normalized spacial score (nSPS) is 21.9. The summed E-state index contributed by atoms with van der Waals surface area (Å²) in [5, 5.41) is 11.6. The Morgan fingerprint density at radius 3 is 2.48 bits per heavy atom. The minimum Gasteiger partial charge on any atom is -0.493 e. The van der Waals surface area contributed by atoms with Crippen LogP contribution >= 0.6 is 15.9 Å². The Morgan fingerprint density at radius 1 is 1.29 bits per heavy atom. The van der Waals surface area contributed by atoms with Gasteiger partial charge in [0.15, 0.2) is 11.5 Å². The lowest BCUT2D eigenvalue weighted by Gasteiger charge is -2.27. The van der Waals surface area contributed by atoms with E-state index in [0.29, 0.717) is 22.4 Å². The summed E-state index contributed by atoms with van der Waals surface area (Å²) in [6.45, 7) is 2.24. The fraction of sp³-hybridized carbons (Fsp3) is 0.600. The molecular weight excluding hydrogens is 338 g/mol. The van der Waals surface area contributed by atoms with E-state index in [1.54, 1.807) is 13.2 Å². The van der Waals surface area contributed by atoms with Gasteiger partial charge < -0.3 is 9.47 Å². The number of alkyl halides is 1. The molecule has 0 unspecified atom stereocenters. The molecule has 1 saturated carbocycles. The third kappa shape index (κ3) is 3.87. The predicted molar refractivity (Wildman–Crippen MR) is 84.3 cm³/mol. The number of methoxy groups -OCH3 is 1. The zero-order chi connectivity index (χ0) is 15.4. The average molecular weight is 358 g/mol. The van der Waals surface area contributed by atoms with Crippen LogP contribution in [0.25, 0.3) is 0 Å². The third-order valence-electron chi connectivity index (χ3n) is 3.96. The summed E-state index contributed by atoms with van der Waals surface area (Å²) in [5.74, 6) is 1.75. The first-order valence-corrected chi connectivity index (χ1v) is 8.25. The fourth-order valence-corrected chi connectivity index (χ4v) is 3.10. The standard InChI is InChI=1S/C15H20BrNO4/c1-10-3-5-12(6-4-10)21-15-8-13(17(18)19)11(9-16)7-14(15)20-2/h7-8,10,12H,3-6,9H2,1-2H3. The van der Waals surface area contributed by atoms with E-state index in [2.05, 4.69) is 22.9 Å². The van der Waals surface area contributed by atoms with Gasteiger partial charge in [0.1, 0.15) is 0 Å². The molecule has 0 radical (unpaired) electrons. The van der Waals surface area contributed by atoms with Gasteiger partial charge in [-0.2, -0.15) is 0 Å². The van der Waals surface area contributed by atoms with Gasteiger partial charge in [-0.05, 0) is 37.7 Å². The average Bonchev–Trinajstić information content (AvgIpc) is 2.49. The van der Waals surface area contributed by atoms with Crippen LogP contribution in [0.1, 0.15) is 38.2 Å². The first-order chi connectivity index (χ1) is 10.0. The van der Waals surface area contributed by atoms with Crippen molar-refractivity contribution in [3.63, 3.8) is 0 Å². The zero-order valence-corrected chi connectivity index (χ0v) is 13.9. The molecule has 1 aromatic carbocycles. The summed E-state index contributed by atoms with van der Waals surface area (Å²) in [6, 6.07) is 3.15. The van der Waals surface area contributed by atoms with Gasteiger partial charge in [0.2, 0.25) is 0 Å². The van der Waals surface area contributed by atoms with Crippen LogP contribution in [0, 0.1) is 16.0 Å². The van der Waals surface area contributed by atoms with Crippen LogP contribution in [-0.2, 0) is 5.33 Å². The summed E-state index contributed by atoms with van der Waals surface area (Å²) in [5.41, 5.74) is 0.647. The second kappa shape index (κ2) is 7.11. The van der Waals surface area contributed by atoms with Crippen molar-refractivity contribution in [1.82, 2.24) is 0 Å². The predicted octanol–water partition coefficient (Wildman–Crippen LogP) is 4.46. The van der Waals surface area contributed by atoms with Gasteiger partial charge in [0.25, 0.3) is 5.69 Å². The topological polar surface area (TPSA) is 61.6 Å². The highest BCUT2D eigenvalue weighted by Crippen LogP contribution is 2.38. The third-order valence-corrected chi connectivity index (χ3v) is 4.57. The molecule has 116 valence electrons. The zero-order valence-electron chi connectivity index (χ0n) is 12.3. The lowest BCUT2D eigenvalue weighted by Crippen LogP contribution is -2.23. The summed E-state index contributed by atoms with van der Waals surface area (Å²) < 4.78 is 11.3. The molecule has 1 aliphatic rings. The highest BCUT2D eigenvalue weighted by atomic mass is 79.9. The Hall–Kier alpha value is -1.30. The van der Waals surface area contributed by atoms with Crippen molar-refractivity contribution in [1.29, 1.82) is 0 Å². The number of benzene rings is 1. The van der Waals surface area contributed by atoms with E-state index >= 15 is 0 Å². The molecule has 0 heterocycles. The maximum absolute atomic E-state index is 11.2. The monoisotopic (exact) mass is 357 g/mol. The molecule has 0 amide bonds. The molecule has 0 bridgehead atoms. The highest BCUT2D eigenvalue weighted by molar-refractivity contribution is 9.08. The van der Waals surface area contributed by atoms with Crippen molar-refractivity contribution in [2.24, 2.45) is 5.92 Å². The highest BCUT2D eigenvalue weighted by Gasteiger charge is 2.24. The fourth-order valence-electron chi connectivity index (χ4n) is 2.65. The molecule has 0 aromatic heterocycles. The summed E-state index contributed by atoms with van der Waals surface area (Å²) in [7, 11) is 1.55. The van der Waals surface area contributed by atoms with Gasteiger partial charge in [-0.3, -0.25) is 10.1 Å². The molecule has 0 N–H and O–H groups in total. The van der Waals surface area contributed by atoms with Crippen LogP contribution in [0.4, 0.5) is 5.69 Å². The van der Waals surface area contributed by atoms with E-state index in [1.807, 2.05) is 0 Å². The van der Waals surface area contributed by atoms with Crippen molar-refractivity contribution in [2.75, 3.05) is 7.11 Å². The first-order valence-electron chi connectivity index (χ1n) is 7.13. The molecule has 5 nitrogen and oxygen atoms in total. The minimum atomic E-state index is -0.383. The number of nitro groups is 1. The Labute approximate surface area is 132 Å². The maximum atomic E-state index is 11.2. The van der Waals surface area contributed by atoms with Gasteiger partial charge in [-0.15, -0.1) is 0 Å². The summed E-state index contributed by atoms with van der Waals surface area (Å²) in [4.78, 5) is 10.8. The van der Waals surface area contributed by atoms with Crippen molar-refractivity contribution < 1.29 is 14.4 Å². The number of rotatable bonds is 5. The molecule has 0 saturated heterocycles. The van der Waals surface area contributed by atoms with E-state index in [4.69, 9.17) is 9.47 Å². The van der Waals surface area contributed by atoms with Crippen LogP contribution in [0.3, 0.4) is 0 Å². The second-order valence-electron chi connectivity index (χ2n) is 5.52. The lowest BCUT2D eigenvalue weighted by molar-refractivity contribution is -0.385. The quantitative estimate of drug-likeness (QED) is 0.443. The SMILES string of the molecule is COc1cc(CBr)c([N+](=O)[O-])cc1OC1CCC(C)CC1. The molecule has 2 rings (SSSR count). The van der Waals surface area contributed by atoms with Gasteiger partial charge in [-0.1, -0.05) is 22.9 Å². The molecule has 21 heavy (non-hydrogen) atoms. The van der Waals surface area contributed by atoms with Crippen LogP contribution in [0.2, 0.25) is 0 Å². The summed E-state index contributed by atoms with van der Waals surface area (Å²) >= 11 is 3.27. The van der Waals surface area contributed by atoms with Gasteiger partial charge in [0.05, 0.1) is 24.2 Å². The van der Waals surface area contributed by atoms with Crippen molar-refractivity contribution in [2.45, 2.75) is 44.0 Å². The first kappa shape index (κ1) is 16.1. The van der Waals surface area contributed by atoms with Crippen LogP contribution in [0.5, 0.6) is 11.5 Å².